The highest BCUT2D eigenvalue weighted by Crippen LogP contribution is 2.28. The number of aldehydes is 1. The van der Waals surface area contributed by atoms with Crippen LogP contribution in [0.2, 0.25) is 0 Å². The van der Waals surface area contributed by atoms with Crippen LogP contribution in [0.1, 0.15) is 36.3 Å². The Morgan fingerprint density at radius 3 is 2.72 bits per heavy atom. The molecule has 0 aliphatic carbocycles. The quantitative estimate of drug-likeness (QED) is 0.754. The molecule has 0 aliphatic rings. The van der Waals surface area contributed by atoms with Crippen LogP contribution < -0.4 is 4.74 Å². The number of ether oxygens (including phenoxy) is 1. The van der Waals surface area contributed by atoms with Crippen molar-refractivity contribution >= 4 is 17.2 Å². The van der Waals surface area contributed by atoms with E-state index in [1.807, 2.05) is 25.1 Å². The summed E-state index contributed by atoms with van der Waals surface area (Å²) < 4.78 is 7.78. The van der Waals surface area contributed by atoms with Gasteiger partial charge in [0, 0.05) is 28.7 Å². The standard InChI is InChI=1S/C15H19NO2/c1-4-8-18-12-6-7-15-13(9-12)14(10-17)11(3)16(15)5-2/h6-7,9-10H,4-5,8H2,1-3H3. The Bertz CT molecular complexity index is 569. The highest BCUT2D eigenvalue weighted by Gasteiger charge is 2.13. The molecule has 2 rings (SSSR count). The minimum Gasteiger partial charge on any atom is -0.494 e. The number of hydrogen-bond acceptors (Lipinski definition) is 2. The molecule has 0 radical (unpaired) electrons. The van der Waals surface area contributed by atoms with Gasteiger partial charge in [0.1, 0.15) is 5.75 Å². The molecule has 0 unspecified atom stereocenters. The zero-order chi connectivity index (χ0) is 13.1. The summed E-state index contributed by atoms with van der Waals surface area (Å²) in [6, 6.07) is 5.97. The minimum absolute atomic E-state index is 0.704. The van der Waals surface area contributed by atoms with E-state index in [0.29, 0.717) is 6.61 Å². The predicted molar refractivity (Wildman–Crippen MR) is 73.5 cm³/mol. The smallest absolute Gasteiger partial charge is 0.152 e. The van der Waals surface area contributed by atoms with Gasteiger partial charge >= 0.3 is 0 Å². The monoisotopic (exact) mass is 245 g/mol. The van der Waals surface area contributed by atoms with Crippen molar-refractivity contribution in [2.24, 2.45) is 0 Å². The van der Waals surface area contributed by atoms with Crippen molar-refractivity contribution in [1.82, 2.24) is 4.57 Å². The Morgan fingerprint density at radius 2 is 2.11 bits per heavy atom. The maximum Gasteiger partial charge on any atom is 0.152 e. The van der Waals surface area contributed by atoms with Gasteiger partial charge in [-0.2, -0.15) is 0 Å². The molecule has 3 heteroatoms. The van der Waals surface area contributed by atoms with Crippen molar-refractivity contribution in [3.63, 3.8) is 0 Å². The number of nitrogens with zero attached hydrogens (tertiary/aromatic N) is 1. The molecule has 0 N–H and O–H groups in total. The van der Waals surface area contributed by atoms with E-state index in [-0.39, 0.29) is 0 Å². The number of hydrogen-bond donors (Lipinski definition) is 0. The second-order valence-corrected chi connectivity index (χ2v) is 4.39. The molecule has 1 aromatic carbocycles. The summed E-state index contributed by atoms with van der Waals surface area (Å²) in [7, 11) is 0. The summed E-state index contributed by atoms with van der Waals surface area (Å²) in [6.07, 6.45) is 1.92. The van der Waals surface area contributed by atoms with Gasteiger partial charge in [-0.1, -0.05) is 6.92 Å². The van der Waals surface area contributed by atoms with Crippen LogP contribution in [0.5, 0.6) is 5.75 Å². The number of aromatic nitrogens is 1. The zero-order valence-corrected chi connectivity index (χ0v) is 11.2. The summed E-state index contributed by atoms with van der Waals surface area (Å²) in [4.78, 5) is 11.2. The second-order valence-electron chi connectivity index (χ2n) is 4.39. The van der Waals surface area contributed by atoms with Crippen LogP contribution in [0.15, 0.2) is 18.2 Å². The van der Waals surface area contributed by atoms with Gasteiger partial charge in [0.05, 0.1) is 6.61 Å². The van der Waals surface area contributed by atoms with Crippen LogP contribution >= 0.6 is 0 Å². The molecule has 1 heterocycles. The van der Waals surface area contributed by atoms with Crippen molar-refractivity contribution in [1.29, 1.82) is 0 Å². The van der Waals surface area contributed by atoms with E-state index in [4.69, 9.17) is 4.74 Å². The normalized spacial score (nSPS) is 10.8. The van der Waals surface area contributed by atoms with E-state index in [2.05, 4.69) is 18.4 Å². The Balaban J connectivity index is 2.57. The van der Waals surface area contributed by atoms with Crippen LogP contribution in [0, 0.1) is 6.92 Å². The molecule has 0 saturated heterocycles. The maximum atomic E-state index is 11.2. The van der Waals surface area contributed by atoms with Crippen LogP contribution in [0.4, 0.5) is 0 Å². The van der Waals surface area contributed by atoms with Gasteiger partial charge in [0.15, 0.2) is 6.29 Å². The van der Waals surface area contributed by atoms with Crippen molar-refractivity contribution in [2.75, 3.05) is 6.61 Å². The lowest BCUT2D eigenvalue weighted by molar-refractivity contribution is 0.112. The fourth-order valence-corrected chi connectivity index (χ4v) is 2.35. The number of aryl methyl sites for hydroxylation is 1. The van der Waals surface area contributed by atoms with E-state index >= 15 is 0 Å². The van der Waals surface area contributed by atoms with Gasteiger partial charge in [-0.25, -0.2) is 0 Å². The van der Waals surface area contributed by atoms with Crippen LogP contribution in [-0.4, -0.2) is 17.5 Å². The van der Waals surface area contributed by atoms with Crippen molar-refractivity contribution in [3.05, 3.63) is 29.5 Å². The SMILES string of the molecule is CCCOc1ccc2c(c1)c(C=O)c(C)n2CC. The Labute approximate surface area is 107 Å². The van der Waals surface area contributed by atoms with Gasteiger partial charge in [0.2, 0.25) is 0 Å². The molecule has 0 fully saturated rings. The summed E-state index contributed by atoms with van der Waals surface area (Å²) >= 11 is 0. The third-order valence-corrected chi connectivity index (χ3v) is 3.25. The van der Waals surface area contributed by atoms with Crippen molar-refractivity contribution in [2.45, 2.75) is 33.7 Å². The molecule has 0 spiro atoms. The highest BCUT2D eigenvalue weighted by atomic mass is 16.5. The maximum absolute atomic E-state index is 11.2. The Morgan fingerprint density at radius 1 is 1.33 bits per heavy atom. The molecular formula is C15H19NO2. The molecule has 3 nitrogen and oxygen atoms in total. The first kappa shape index (κ1) is 12.7. The summed E-state index contributed by atoms with van der Waals surface area (Å²) in [6.45, 7) is 7.72. The molecule has 0 bridgehead atoms. The van der Waals surface area contributed by atoms with Gasteiger partial charge < -0.3 is 9.30 Å². The molecule has 18 heavy (non-hydrogen) atoms. The lowest BCUT2D eigenvalue weighted by Crippen LogP contribution is -1.97. The van der Waals surface area contributed by atoms with Crippen LogP contribution in [0.25, 0.3) is 10.9 Å². The topological polar surface area (TPSA) is 31.2 Å². The fraction of sp³-hybridized carbons (Fsp3) is 0.400. The van der Waals surface area contributed by atoms with Crippen LogP contribution in [0.3, 0.4) is 0 Å². The highest BCUT2D eigenvalue weighted by molar-refractivity contribution is 6.00. The molecule has 0 amide bonds. The first-order valence-corrected chi connectivity index (χ1v) is 6.43. The Hall–Kier alpha value is -1.77. The Kier molecular flexibility index (Phi) is 3.70. The van der Waals surface area contributed by atoms with E-state index in [1.54, 1.807) is 0 Å². The molecular weight excluding hydrogens is 226 g/mol. The van der Waals surface area contributed by atoms with E-state index in [0.717, 1.165) is 47.2 Å². The lowest BCUT2D eigenvalue weighted by atomic mass is 10.1. The van der Waals surface area contributed by atoms with Gasteiger partial charge in [-0.3, -0.25) is 4.79 Å². The van der Waals surface area contributed by atoms with Gasteiger partial charge in [-0.15, -0.1) is 0 Å². The first-order valence-electron chi connectivity index (χ1n) is 6.43. The van der Waals surface area contributed by atoms with Gasteiger partial charge in [0.25, 0.3) is 0 Å². The predicted octanol–water partition coefficient (Wildman–Crippen LogP) is 3.57. The average Bonchev–Trinajstić information content (AvgIpc) is 2.66. The molecule has 0 atom stereocenters. The average molecular weight is 245 g/mol. The van der Waals surface area contributed by atoms with Crippen molar-refractivity contribution in [3.8, 4) is 5.75 Å². The van der Waals surface area contributed by atoms with E-state index in [9.17, 15) is 4.79 Å². The second kappa shape index (κ2) is 5.25. The summed E-state index contributed by atoms with van der Waals surface area (Å²) in [5, 5.41) is 0.984. The van der Waals surface area contributed by atoms with E-state index < -0.39 is 0 Å². The minimum atomic E-state index is 0.704. The van der Waals surface area contributed by atoms with Crippen LogP contribution in [-0.2, 0) is 6.54 Å². The lowest BCUT2D eigenvalue weighted by Gasteiger charge is -2.06. The number of carbonyl (C=O) groups excluding carboxylic acids is 1. The summed E-state index contributed by atoms with van der Waals surface area (Å²) in [5.41, 5.74) is 2.89. The molecule has 1 aromatic heterocycles. The zero-order valence-electron chi connectivity index (χ0n) is 11.2. The number of benzene rings is 1. The van der Waals surface area contributed by atoms with Gasteiger partial charge in [-0.05, 0) is 38.5 Å². The fourth-order valence-electron chi connectivity index (χ4n) is 2.35. The van der Waals surface area contributed by atoms with Crippen molar-refractivity contribution < 1.29 is 9.53 Å². The molecule has 0 saturated carbocycles. The third kappa shape index (κ3) is 2.01. The number of rotatable bonds is 5. The van der Waals surface area contributed by atoms with E-state index in [1.165, 1.54) is 0 Å². The third-order valence-electron chi connectivity index (χ3n) is 3.25. The molecule has 2 aromatic rings. The summed E-state index contributed by atoms with van der Waals surface area (Å²) in [5.74, 6) is 0.834. The largest absolute Gasteiger partial charge is 0.494 e. The molecule has 0 aliphatic heterocycles. The first-order chi connectivity index (χ1) is 8.72. The number of fused-ring (bicyclic) bond motifs is 1. The molecule has 96 valence electrons. The number of carbonyl (C=O) groups is 1.